The van der Waals surface area contributed by atoms with Crippen LogP contribution in [0.15, 0.2) is 51.7 Å². The first-order valence-electron chi connectivity index (χ1n) is 8.84. The van der Waals surface area contributed by atoms with Crippen LogP contribution in [0.25, 0.3) is 11.1 Å². The van der Waals surface area contributed by atoms with Gasteiger partial charge in [-0.1, -0.05) is 18.2 Å². The molecule has 1 aliphatic heterocycles. The van der Waals surface area contributed by atoms with E-state index in [0.29, 0.717) is 11.3 Å². The highest BCUT2D eigenvalue weighted by Crippen LogP contribution is 2.29. The zero-order valence-electron chi connectivity index (χ0n) is 14.7. The largest absolute Gasteiger partial charge is 0.504 e. The van der Waals surface area contributed by atoms with Gasteiger partial charge >= 0.3 is 5.76 Å². The number of aromatic nitrogens is 1. The Morgan fingerprint density at radius 3 is 2.92 bits per heavy atom. The maximum atomic E-state index is 12.3. The standard InChI is InChI=1S/C20H22N2O4/c1-25-19-9-8-14(11-17(19)23)12-21-10-4-5-15(13-21)22-16-6-2-3-7-18(16)26-20(22)24/h2-3,6-9,11,15,23H,4-5,10,12-13H2,1H3/t15-/m1/s1. The molecule has 0 amide bonds. The van der Waals surface area contributed by atoms with Crippen LogP contribution in [0.2, 0.25) is 0 Å². The molecule has 0 unspecified atom stereocenters. The molecule has 26 heavy (non-hydrogen) atoms. The SMILES string of the molecule is COc1ccc(CN2CCC[C@@H](n3c(=O)oc4ccccc43)C2)cc1O. The topological polar surface area (TPSA) is 67.8 Å². The molecule has 1 saturated heterocycles. The summed E-state index contributed by atoms with van der Waals surface area (Å²) in [6, 6.07) is 13.1. The highest BCUT2D eigenvalue weighted by Gasteiger charge is 2.25. The number of likely N-dealkylation sites (tertiary alicyclic amines) is 1. The Hall–Kier alpha value is -2.73. The molecule has 0 saturated carbocycles. The minimum Gasteiger partial charge on any atom is -0.504 e. The van der Waals surface area contributed by atoms with Gasteiger partial charge in [0.2, 0.25) is 0 Å². The van der Waals surface area contributed by atoms with Crippen LogP contribution in [0.5, 0.6) is 11.5 Å². The molecule has 0 aliphatic carbocycles. The third-order valence-corrected chi connectivity index (χ3v) is 5.01. The molecule has 6 heteroatoms. The molecule has 4 rings (SSSR count). The monoisotopic (exact) mass is 354 g/mol. The van der Waals surface area contributed by atoms with Crippen LogP contribution in [-0.2, 0) is 6.54 Å². The van der Waals surface area contributed by atoms with Gasteiger partial charge < -0.3 is 14.3 Å². The molecule has 0 spiro atoms. The number of nitrogens with zero attached hydrogens (tertiary/aromatic N) is 2. The Morgan fingerprint density at radius 2 is 2.12 bits per heavy atom. The summed E-state index contributed by atoms with van der Waals surface area (Å²) in [5.41, 5.74) is 2.51. The van der Waals surface area contributed by atoms with Gasteiger partial charge in [0, 0.05) is 13.1 Å². The lowest BCUT2D eigenvalue weighted by Gasteiger charge is -2.33. The van der Waals surface area contributed by atoms with E-state index in [9.17, 15) is 9.90 Å². The first kappa shape index (κ1) is 16.7. The van der Waals surface area contributed by atoms with E-state index in [1.807, 2.05) is 30.3 Å². The van der Waals surface area contributed by atoms with Gasteiger partial charge in [0.1, 0.15) is 0 Å². The van der Waals surface area contributed by atoms with Crippen LogP contribution in [0, 0.1) is 0 Å². The van der Waals surface area contributed by atoms with Crippen molar-refractivity contribution in [1.82, 2.24) is 9.47 Å². The Morgan fingerprint density at radius 1 is 1.27 bits per heavy atom. The molecule has 3 aromatic rings. The maximum Gasteiger partial charge on any atom is 0.420 e. The average molecular weight is 354 g/mol. The van der Waals surface area contributed by atoms with Crippen LogP contribution in [0.4, 0.5) is 0 Å². The summed E-state index contributed by atoms with van der Waals surface area (Å²) in [6.07, 6.45) is 1.96. The van der Waals surface area contributed by atoms with E-state index in [0.717, 1.165) is 43.6 Å². The molecule has 0 radical (unpaired) electrons. The smallest absolute Gasteiger partial charge is 0.420 e. The highest BCUT2D eigenvalue weighted by atomic mass is 16.5. The summed E-state index contributed by atoms with van der Waals surface area (Å²) in [4.78, 5) is 14.7. The summed E-state index contributed by atoms with van der Waals surface area (Å²) >= 11 is 0. The molecule has 1 N–H and O–H groups in total. The average Bonchev–Trinajstić information content (AvgIpc) is 2.98. The summed E-state index contributed by atoms with van der Waals surface area (Å²) in [5, 5.41) is 9.98. The van der Waals surface area contributed by atoms with Crippen LogP contribution in [0.3, 0.4) is 0 Å². The molecule has 2 heterocycles. The fourth-order valence-electron chi connectivity index (χ4n) is 3.81. The quantitative estimate of drug-likeness (QED) is 0.780. The van der Waals surface area contributed by atoms with Crippen LogP contribution < -0.4 is 10.5 Å². The van der Waals surface area contributed by atoms with E-state index in [1.54, 1.807) is 16.7 Å². The first-order chi connectivity index (χ1) is 12.7. The number of benzene rings is 2. The van der Waals surface area contributed by atoms with Crippen molar-refractivity contribution in [1.29, 1.82) is 0 Å². The number of hydrogen-bond acceptors (Lipinski definition) is 5. The van der Waals surface area contributed by atoms with Crippen molar-refractivity contribution in [2.75, 3.05) is 20.2 Å². The van der Waals surface area contributed by atoms with Crippen molar-refractivity contribution < 1.29 is 14.3 Å². The molecular weight excluding hydrogens is 332 g/mol. The molecule has 1 fully saturated rings. The summed E-state index contributed by atoms with van der Waals surface area (Å²) in [6.45, 7) is 2.46. The second-order valence-electron chi connectivity index (χ2n) is 6.74. The van der Waals surface area contributed by atoms with E-state index in [2.05, 4.69) is 4.90 Å². The zero-order chi connectivity index (χ0) is 18.1. The van der Waals surface area contributed by atoms with Crippen molar-refractivity contribution >= 4 is 11.1 Å². The lowest BCUT2D eigenvalue weighted by Crippen LogP contribution is -2.38. The number of ether oxygens (including phenoxy) is 1. The first-order valence-corrected chi connectivity index (χ1v) is 8.84. The van der Waals surface area contributed by atoms with E-state index in [1.165, 1.54) is 7.11 Å². The van der Waals surface area contributed by atoms with Crippen molar-refractivity contribution in [3.05, 3.63) is 58.6 Å². The molecule has 0 bridgehead atoms. The van der Waals surface area contributed by atoms with E-state index in [-0.39, 0.29) is 17.5 Å². The van der Waals surface area contributed by atoms with E-state index in [4.69, 9.17) is 9.15 Å². The summed E-state index contributed by atoms with van der Waals surface area (Å²) in [7, 11) is 1.54. The lowest BCUT2D eigenvalue weighted by atomic mass is 10.0. The van der Waals surface area contributed by atoms with Gasteiger partial charge in [-0.25, -0.2) is 4.79 Å². The molecule has 1 atom stereocenters. The second kappa shape index (κ2) is 6.88. The number of para-hydroxylation sites is 2. The number of rotatable bonds is 4. The maximum absolute atomic E-state index is 12.3. The minimum absolute atomic E-state index is 0.0896. The van der Waals surface area contributed by atoms with Crippen molar-refractivity contribution in [2.45, 2.75) is 25.4 Å². The fraction of sp³-hybridized carbons (Fsp3) is 0.350. The normalized spacial score (nSPS) is 18.3. The number of fused-ring (bicyclic) bond motifs is 1. The third kappa shape index (κ3) is 3.08. The summed E-state index contributed by atoms with van der Waals surface area (Å²) < 4.78 is 12.3. The number of phenols is 1. The Balaban J connectivity index is 1.55. The number of oxazole rings is 1. The predicted octanol–water partition coefficient (Wildman–Crippen LogP) is 3.15. The van der Waals surface area contributed by atoms with Crippen molar-refractivity contribution in [2.24, 2.45) is 0 Å². The van der Waals surface area contributed by atoms with Gasteiger partial charge in [0.15, 0.2) is 17.1 Å². The molecular formula is C20H22N2O4. The Labute approximate surface area is 151 Å². The molecule has 136 valence electrons. The van der Waals surface area contributed by atoms with Crippen LogP contribution in [-0.4, -0.2) is 34.8 Å². The lowest BCUT2D eigenvalue weighted by molar-refractivity contribution is 0.167. The minimum atomic E-state index is -0.292. The Kier molecular flexibility index (Phi) is 4.42. The summed E-state index contributed by atoms with van der Waals surface area (Å²) in [5.74, 6) is 0.331. The molecule has 2 aromatic carbocycles. The van der Waals surface area contributed by atoms with E-state index < -0.39 is 0 Å². The molecule has 1 aromatic heterocycles. The highest BCUT2D eigenvalue weighted by molar-refractivity contribution is 5.72. The second-order valence-corrected chi connectivity index (χ2v) is 6.74. The number of piperidine rings is 1. The molecule has 1 aliphatic rings. The van der Waals surface area contributed by atoms with Gasteiger partial charge in [-0.2, -0.15) is 0 Å². The Bertz CT molecular complexity index is 975. The van der Waals surface area contributed by atoms with Gasteiger partial charge in [-0.3, -0.25) is 9.47 Å². The van der Waals surface area contributed by atoms with Gasteiger partial charge in [-0.15, -0.1) is 0 Å². The van der Waals surface area contributed by atoms with Gasteiger partial charge in [-0.05, 0) is 49.2 Å². The number of methoxy groups -OCH3 is 1. The number of aromatic hydroxyl groups is 1. The van der Waals surface area contributed by atoms with Crippen LogP contribution >= 0.6 is 0 Å². The van der Waals surface area contributed by atoms with Crippen molar-refractivity contribution in [3.8, 4) is 11.5 Å². The van der Waals surface area contributed by atoms with E-state index >= 15 is 0 Å². The number of phenolic OH excluding ortho intramolecular Hbond substituents is 1. The number of hydrogen-bond donors (Lipinski definition) is 1. The zero-order valence-corrected chi connectivity index (χ0v) is 14.7. The third-order valence-electron chi connectivity index (χ3n) is 5.01. The van der Waals surface area contributed by atoms with Crippen LogP contribution in [0.1, 0.15) is 24.4 Å². The van der Waals surface area contributed by atoms with Gasteiger partial charge in [0.05, 0.1) is 18.7 Å². The predicted molar refractivity (Wildman–Crippen MR) is 98.7 cm³/mol. The van der Waals surface area contributed by atoms with Crippen molar-refractivity contribution in [3.63, 3.8) is 0 Å². The van der Waals surface area contributed by atoms with Gasteiger partial charge in [0.25, 0.3) is 0 Å². The molecule has 6 nitrogen and oxygen atoms in total. The fourth-order valence-corrected chi connectivity index (χ4v) is 3.81.